The van der Waals surface area contributed by atoms with Crippen molar-refractivity contribution in [2.45, 2.75) is 11.3 Å². The molecule has 1 amide bonds. The lowest BCUT2D eigenvalue weighted by Gasteiger charge is -2.11. The summed E-state index contributed by atoms with van der Waals surface area (Å²) in [5.74, 6) is -3.40. The maximum absolute atomic E-state index is 14.5. The van der Waals surface area contributed by atoms with Crippen molar-refractivity contribution in [2.24, 2.45) is 0 Å². The SMILES string of the molecule is O=C(Cc1ccc(S(=O)(=O)CCO)cc1F)Nc1ncc(-c2ccccc2)c(C(=O)c2ccc(F)cc2)n1. The lowest BCUT2D eigenvalue weighted by atomic mass is 10.00. The third-order valence-electron chi connectivity index (χ3n) is 5.54. The first-order valence-electron chi connectivity index (χ1n) is 11.3. The molecule has 4 rings (SSSR count). The Hall–Kier alpha value is -4.35. The van der Waals surface area contributed by atoms with Gasteiger partial charge < -0.3 is 5.11 Å². The number of hydrogen-bond donors (Lipinski definition) is 2. The van der Waals surface area contributed by atoms with Crippen LogP contribution in [0.4, 0.5) is 14.7 Å². The lowest BCUT2D eigenvalue weighted by Crippen LogP contribution is -2.19. The van der Waals surface area contributed by atoms with E-state index in [1.807, 2.05) is 0 Å². The van der Waals surface area contributed by atoms with Gasteiger partial charge in [0.05, 0.1) is 23.7 Å². The molecule has 0 aliphatic carbocycles. The summed E-state index contributed by atoms with van der Waals surface area (Å²) in [7, 11) is -3.86. The van der Waals surface area contributed by atoms with E-state index in [0.29, 0.717) is 11.1 Å². The zero-order valence-electron chi connectivity index (χ0n) is 19.8. The van der Waals surface area contributed by atoms with Crippen molar-refractivity contribution >= 4 is 27.5 Å². The maximum Gasteiger partial charge on any atom is 0.231 e. The van der Waals surface area contributed by atoms with Crippen LogP contribution in [0.15, 0.2) is 83.9 Å². The highest BCUT2D eigenvalue weighted by Gasteiger charge is 2.21. The molecular weight excluding hydrogens is 516 g/mol. The van der Waals surface area contributed by atoms with Gasteiger partial charge in [0, 0.05) is 17.3 Å². The molecule has 0 saturated carbocycles. The minimum Gasteiger partial charge on any atom is -0.395 e. The minimum atomic E-state index is -3.86. The number of carbonyl (C=O) groups excluding carboxylic acids is 2. The average Bonchev–Trinajstić information content (AvgIpc) is 2.90. The lowest BCUT2D eigenvalue weighted by molar-refractivity contribution is -0.115. The van der Waals surface area contributed by atoms with Gasteiger partial charge in [-0.1, -0.05) is 36.4 Å². The second kappa shape index (κ2) is 11.4. The normalized spacial score (nSPS) is 11.2. The summed E-state index contributed by atoms with van der Waals surface area (Å²) in [5, 5.41) is 11.3. The third-order valence-corrected chi connectivity index (χ3v) is 7.23. The average molecular weight is 538 g/mol. The molecule has 0 radical (unpaired) electrons. The van der Waals surface area contributed by atoms with E-state index in [4.69, 9.17) is 5.11 Å². The van der Waals surface area contributed by atoms with Gasteiger partial charge in [-0.3, -0.25) is 14.9 Å². The number of aromatic nitrogens is 2. The minimum absolute atomic E-state index is 0.0299. The molecule has 1 aromatic heterocycles. The highest BCUT2D eigenvalue weighted by atomic mass is 32.2. The van der Waals surface area contributed by atoms with E-state index in [9.17, 15) is 26.8 Å². The van der Waals surface area contributed by atoms with Crippen LogP contribution in [-0.4, -0.2) is 47.5 Å². The number of halogens is 2. The van der Waals surface area contributed by atoms with E-state index < -0.39 is 51.9 Å². The number of nitrogens with one attached hydrogen (secondary N) is 1. The van der Waals surface area contributed by atoms with Gasteiger partial charge in [-0.25, -0.2) is 27.2 Å². The molecule has 0 bridgehead atoms. The van der Waals surface area contributed by atoms with Gasteiger partial charge in [0.15, 0.2) is 9.84 Å². The highest BCUT2D eigenvalue weighted by molar-refractivity contribution is 7.91. The molecule has 0 fully saturated rings. The molecule has 2 N–H and O–H groups in total. The molecule has 38 heavy (non-hydrogen) atoms. The standard InChI is InChI=1S/C27H21F2N3O5S/c28-20-9-6-18(7-10-20)26(35)25-22(17-4-2-1-3-5-17)16-30-27(32-25)31-24(34)14-19-8-11-21(15-23(19)29)38(36,37)13-12-33/h1-11,15-16,33H,12-14H2,(H,30,31,32,34). The maximum atomic E-state index is 14.5. The van der Waals surface area contributed by atoms with Crippen LogP contribution in [0.2, 0.25) is 0 Å². The predicted molar refractivity (Wildman–Crippen MR) is 135 cm³/mol. The first-order valence-corrected chi connectivity index (χ1v) is 13.0. The van der Waals surface area contributed by atoms with Crippen molar-refractivity contribution < 1.29 is 31.9 Å². The van der Waals surface area contributed by atoms with Crippen LogP contribution in [0, 0.1) is 11.6 Å². The van der Waals surface area contributed by atoms with Gasteiger partial charge in [0.1, 0.15) is 17.3 Å². The Balaban J connectivity index is 1.60. The number of aliphatic hydroxyl groups excluding tert-OH is 1. The summed E-state index contributed by atoms with van der Waals surface area (Å²) < 4.78 is 52.0. The van der Waals surface area contributed by atoms with Gasteiger partial charge in [0.25, 0.3) is 0 Å². The fourth-order valence-corrected chi connectivity index (χ4v) is 4.66. The van der Waals surface area contributed by atoms with Crippen molar-refractivity contribution in [1.29, 1.82) is 0 Å². The quantitative estimate of drug-likeness (QED) is 0.313. The molecule has 0 atom stereocenters. The van der Waals surface area contributed by atoms with Crippen LogP contribution < -0.4 is 5.32 Å². The molecule has 8 nitrogen and oxygen atoms in total. The molecular formula is C27H21F2N3O5S. The number of aliphatic hydroxyl groups is 1. The Kier molecular flexibility index (Phi) is 7.99. The van der Waals surface area contributed by atoms with Crippen molar-refractivity contribution in [3.05, 3.63) is 107 Å². The third kappa shape index (κ3) is 6.13. The van der Waals surface area contributed by atoms with Gasteiger partial charge >= 0.3 is 0 Å². The van der Waals surface area contributed by atoms with Crippen molar-refractivity contribution in [3.63, 3.8) is 0 Å². The van der Waals surface area contributed by atoms with Gasteiger partial charge in [-0.05, 0) is 47.5 Å². The van der Waals surface area contributed by atoms with Crippen LogP contribution in [0.3, 0.4) is 0 Å². The Morgan fingerprint density at radius 3 is 2.32 bits per heavy atom. The van der Waals surface area contributed by atoms with Crippen LogP contribution in [0.5, 0.6) is 0 Å². The number of benzene rings is 3. The highest BCUT2D eigenvalue weighted by Crippen LogP contribution is 2.25. The molecule has 0 spiro atoms. The molecule has 0 saturated heterocycles. The molecule has 11 heteroatoms. The number of ketones is 1. The monoisotopic (exact) mass is 537 g/mol. The number of rotatable bonds is 9. The number of anilines is 1. The van der Waals surface area contributed by atoms with Gasteiger partial charge in [-0.2, -0.15) is 0 Å². The smallest absolute Gasteiger partial charge is 0.231 e. The van der Waals surface area contributed by atoms with E-state index in [0.717, 1.165) is 24.3 Å². The largest absolute Gasteiger partial charge is 0.395 e. The summed E-state index contributed by atoms with van der Waals surface area (Å²) in [4.78, 5) is 33.9. The zero-order chi connectivity index (χ0) is 27.3. The van der Waals surface area contributed by atoms with E-state index >= 15 is 0 Å². The predicted octanol–water partition coefficient (Wildman–Crippen LogP) is 3.60. The molecule has 0 aliphatic rings. The Bertz CT molecular complexity index is 1600. The first-order chi connectivity index (χ1) is 18.2. The van der Waals surface area contributed by atoms with Crippen LogP contribution in [0.25, 0.3) is 11.1 Å². The number of hydrogen-bond acceptors (Lipinski definition) is 7. The fourth-order valence-electron chi connectivity index (χ4n) is 3.63. The number of nitrogens with zero attached hydrogens (tertiary/aromatic N) is 2. The molecule has 194 valence electrons. The molecule has 1 heterocycles. The molecule has 0 aliphatic heterocycles. The number of sulfone groups is 1. The summed E-state index contributed by atoms with van der Waals surface area (Å²) in [6.45, 7) is -0.608. The summed E-state index contributed by atoms with van der Waals surface area (Å²) in [6, 6.07) is 16.9. The zero-order valence-corrected chi connectivity index (χ0v) is 20.6. The summed E-state index contributed by atoms with van der Waals surface area (Å²) in [5.41, 5.74) is 1.11. The Morgan fingerprint density at radius 2 is 1.66 bits per heavy atom. The number of amides is 1. The van der Waals surface area contributed by atoms with Crippen LogP contribution >= 0.6 is 0 Å². The van der Waals surface area contributed by atoms with E-state index in [2.05, 4.69) is 15.3 Å². The van der Waals surface area contributed by atoms with Crippen LogP contribution in [-0.2, 0) is 21.1 Å². The summed E-state index contributed by atoms with van der Waals surface area (Å²) in [6.07, 6.45) is 0.910. The summed E-state index contributed by atoms with van der Waals surface area (Å²) >= 11 is 0. The molecule has 4 aromatic rings. The van der Waals surface area contributed by atoms with Crippen LogP contribution in [0.1, 0.15) is 21.6 Å². The van der Waals surface area contributed by atoms with Crippen molar-refractivity contribution in [1.82, 2.24) is 9.97 Å². The Labute approximate surface area is 216 Å². The topological polar surface area (TPSA) is 126 Å². The molecule has 0 unspecified atom stereocenters. The van der Waals surface area contributed by atoms with E-state index in [1.165, 1.54) is 24.4 Å². The van der Waals surface area contributed by atoms with E-state index in [-0.39, 0.29) is 27.7 Å². The second-order valence-electron chi connectivity index (χ2n) is 8.18. The number of carbonyl (C=O) groups is 2. The fraction of sp³-hybridized carbons (Fsp3) is 0.111. The first kappa shape index (κ1) is 26.7. The Morgan fingerprint density at radius 1 is 0.947 bits per heavy atom. The molecule has 3 aromatic carbocycles. The second-order valence-corrected chi connectivity index (χ2v) is 10.3. The van der Waals surface area contributed by atoms with Gasteiger partial charge in [-0.15, -0.1) is 0 Å². The van der Waals surface area contributed by atoms with Crippen molar-refractivity contribution in [3.8, 4) is 11.1 Å². The van der Waals surface area contributed by atoms with Crippen molar-refractivity contribution in [2.75, 3.05) is 17.7 Å². The van der Waals surface area contributed by atoms with E-state index in [1.54, 1.807) is 30.3 Å². The van der Waals surface area contributed by atoms with Gasteiger partial charge in [0.2, 0.25) is 17.6 Å².